The SMILES string of the molecule is COc1cc(/C=C2\SC(=S)N(CCCCCC(=O)Nc3cccc(C)c3)C2=O)cc(OC)c1O. The van der Waals surface area contributed by atoms with Gasteiger partial charge in [0.25, 0.3) is 5.91 Å². The number of ether oxygens (including phenoxy) is 2. The number of anilines is 1. The van der Waals surface area contributed by atoms with Gasteiger partial charge in [0.1, 0.15) is 4.32 Å². The summed E-state index contributed by atoms with van der Waals surface area (Å²) in [5.41, 5.74) is 2.56. The predicted octanol–water partition coefficient (Wildman–Crippen LogP) is 5.12. The first-order valence-electron chi connectivity index (χ1n) is 10.9. The first-order chi connectivity index (χ1) is 16.3. The van der Waals surface area contributed by atoms with Crippen molar-refractivity contribution in [2.75, 3.05) is 26.1 Å². The van der Waals surface area contributed by atoms with Gasteiger partial charge in [0.15, 0.2) is 11.5 Å². The maximum Gasteiger partial charge on any atom is 0.266 e. The number of methoxy groups -OCH3 is 2. The molecule has 0 aromatic heterocycles. The molecule has 0 unspecified atom stereocenters. The monoisotopic (exact) mass is 500 g/mol. The van der Waals surface area contributed by atoms with Crippen molar-refractivity contribution in [1.82, 2.24) is 4.90 Å². The number of thiocarbonyl (C=S) groups is 1. The molecule has 34 heavy (non-hydrogen) atoms. The van der Waals surface area contributed by atoms with Gasteiger partial charge in [-0.15, -0.1) is 0 Å². The van der Waals surface area contributed by atoms with Crippen molar-refractivity contribution < 1.29 is 24.2 Å². The summed E-state index contributed by atoms with van der Waals surface area (Å²) in [7, 11) is 2.90. The van der Waals surface area contributed by atoms with E-state index in [9.17, 15) is 14.7 Å². The molecule has 0 radical (unpaired) electrons. The fourth-order valence-corrected chi connectivity index (χ4v) is 4.83. The number of carbonyl (C=O) groups is 2. The molecule has 0 bridgehead atoms. The van der Waals surface area contributed by atoms with Crippen molar-refractivity contribution in [3.05, 3.63) is 52.4 Å². The number of phenols is 1. The topological polar surface area (TPSA) is 88.1 Å². The van der Waals surface area contributed by atoms with Crippen LogP contribution in [0.2, 0.25) is 0 Å². The number of amides is 2. The number of unbranched alkanes of at least 4 members (excludes halogenated alkanes) is 2. The van der Waals surface area contributed by atoms with Crippen LogP contribution in [0.4, 0.5) is 5.69 Å². The molecule has 0 aliphatic carbocycles. The zero-order valence-electron chi connectivity index (χ0n) is 19.4. The molecule has 1 heterocycles. The number of rotatable bonds is 10. The summed E-state index contributed by atoms with van der Waals surface area (Å²) in [5.74, 6) is 0.249. The summed E-state index contributed by atoms with van der Waals surface area (Å²) in [5, 5.41) is 13.0. The minimum absolute atomic E-state index is 0.0149. The highest BCUT2D eigenvalue weighted by Crippen LogP contribution is 2.39. The fourth-order valence-electron chi connectivity index (χ4n) is 3.52. The molecule has 2 amide bonds. The number of aryl methyl sites for hydroxylation is 1. The van der Waals surface area contributed by atoms with E-state index in [1.807, 2.05) is 31.2 Å². The van der Waals surface area contributed by atoms with Crippen molar-refractivity contribution in [3.63, 3.8) is 0 Å². The molecule has 0 saturated carbocycles. The Kier molecular flexibility index (Phi) is 8.95. The maximum atomic E-state index is 12.9. The molecule has 3 rings (SSSR count). The van der Waals surface area contributed by atoms with Crippen LogP contribution in [-0.2, 0) is 9.59 Å². The lowest BCUT2D eigenvalue weighted by atomic mass is 10.1. The van der Waals surface area contributed by atoms with Crippen molar-refractivity contribution in [3.8, 4) is 17.2 Å². The summed E-state index contributed by atoms with van der Waals surface area (Å²) in [6.07, 6.45) is 4.42. The van der Waals surface area contributed by atoms with E-state index >= 15 is 0 Å². The molecular formula is C25H28N2O5S2. The van der Waals surface area contributed by atoms with Crippen LogP contribution in [-0.4, -0.2) is 46.9 Å². The van der Waals surface area contributed by atoms with Gasteiger partial charge in [-0.05, 0) is 61.2 Å². The van der Waals surface area contributed by atoms with E-state index in [4.69, 9.17) is 21.7 Å². The second kappa shape index (κ2) is 11.9. The van der Waals surface area contributed by atoms with Gasteiger partial charge in [0.05, 0.1) is 19.1 Å². The molecular weight excluding hydrogens is 472 g/mol. The van der Waals surface area contributed by atoms with Crippen molar-refractivity contribution in [2.24, 2.45) is 0 Å². The Labute approximate surface area is 209 Å². The average molecular weight is 501 g/mol. The first kappa shape index (κ1) is 25.6. The molecule has 1 saturated heterocycles. The fraction of sp³-hybridized carbons (Fsp3) is 0.320. The molecule has 9 heteroatoms. The smallest absolute Gasteiger partial charge is 0.266 e. The van der Waals surface area contributed by atoms with Crippen LogP contribution in [0, 0.1) is 6.92 Å². The number of aromatic hydroxyl groups is 1. The third-order valence-electron chi connectivity index (χ3n) is 5.26. The zero-order valence-corrected chi connectivity index (χ0v) is 21.1. The molecule has 2 aromatic carbocycles. The van der Waals surface area contributed by atoms with Gasteiger partial charge < -0.3 is 19.9 Å². The standard InChI is InChI=1S/C25H28N2O5S2/c1-16-8-7-9-18(12-16)26-22(28)10-5-4-6-11-27-24(30)21(34-25(27)33)15-17-13-19(31-2)23(29)20(14-17)32-3/h7-9,12-15,29H,4-6,10-11H2,1-3H3,(H,26,28)/b21-15-. The molecule has 1 aliphatic rings. The van der Waals surface area contributed by atoms with Crippen LogP contribution in [0.15, 0.2) is 41.3 Å². The Morgan fingerprint density at radius 2 is 1.85 bits per heavy atom. The Morgan fingerprint density at radius 1 is 1.15 bits per heavy atom. The third-order valence-corrected chi connectivity index (χ3v) is 6.64. The Balaban J connectivity index is 1.50. The van der Waals surface area contributed by atoms with Crippen molar-refractivity contribution in [1.29, 1.82) is 0 Å². The number of hydrogen-bond acceptors (Lipinski definition) is 7. The molecule has 7 nitrogen and oxygen atoms in total. The van der Waals surface area contributed by atoms with Gasteiger partial charge in [-0.1, -0.05) is 42.5 Å². The van der Waals surface area contributed by atoms with Gasteiger partial charge in [-0.3, -0.25) is 14.5 Å². The zero-order chi connectivity index (χ0) is 24.7. The molecule has 2 aromatic rings. The number of benzene rings is 2. The molecule has 1 aliphatic heterocycles. The summed E-state index contributed by atoms with van der Waals surface area (Å²) in [6.45, 7) is 2.49. The number of thioether (sulfide) groups is 1. The van der Waals surface area contributed by atoms with E-state index in [0.29, 0.717) is 27.8 Å². The number of phenolic OH excluding ortho intramolecular Hbond substituents is 1. The highest BCUT2D eigenvalue weighted by molar-refractivity contribution is 8.26. The van der Waals surface area contributed by atoms with Crippen molar-refractivity contribution >= 4 is 51.9 Å². The van der Waals surface area contributed by atoms with Gasteiger partial charge >= 0.3 is 0 Å². The van der Waals surface area contributed by atoms with Crippen LogP contribution in [0.1, 0.15) is 36.8 Å². The number of carbonyl (C=O) groups excluding carboxylic acids is 2. The summed E-state index contributed by atoms with van der Waals surface area (Å²) >= 11 is 6.64. The normalized spacial score (nSPS) is 14.6. The van der Waals surface area contributed by atoms with Gasteiger partial charge in [0, 0.05) is 18.7 Å². The Hall–Kier alpha value is -3.04. The minimum Gasteiger partial charge on any atom is -0.502 e. The van der Waals surface area contributed by atoms with Crippen LogP contribution in [0.3, 0.4) is 0 Å². The quantitative estimate of drug-likeness (QED) is 0.266. The van der Waals surface area contributed by atoms with Gasteiger partial charge in [0.2, 0.25) is 11.7 Å². The van der Waals surface area contributed by atoms with Crippen LogP contribution < -0.4 is 14.8 Å². The van der Waals surface area contributed by atoms with Crippen LogP contribution >= 0.6 is 24.0 Å². The predicted molar refractivity (Wildman–Crippen MR) is 139 cm³/mol. The summed E-state index contributed by atoms with van der Waals surface area (Å²) in [4.78, 5) is 27.1. The molecule has 0 spiro atoms. The lowest BCUT2D eigenvalue weighted by Gasteiger charge is -2.14. The number of nitrogens with zero attached hydrogens (tertiary/aromatic N) is 1. The average Bonchev–Trinajstić information content (AvgIpc) is 3.06. The van der Waals surface area contributed by atoms with E-state index in [0.717, 1.165) is 30.5 Å². The first-order valence-corrected chi connectivity index (χ1v) is 12.1. The van der Waals surface area contributed by atoms with Crippen LogP contribution in [0.5, 0.6) is 17.2 Å². The van der Waals surface area contributed by atoms with E-state index in [2.05, 4.69) is 5.32 Å². The summed E-state index contributed by atoms with van der Waals surface area (Å²) < 4.78 is 10.9. The molecule has 2 N–H and O–H groups in total. The minimum atomic E-state index is -0.154. The second-order valence-corrected chi connectivity index (χ2v) is 9.51. The number of nitrogens with one attached hydrogen (secondary N) is 1. The highest BCUT2D eigenvalue weighted by Gasteiger charge is 2.31. The van der Waals surface area contributed by atoms with E-state index in [1.165, 1.54) is 26.0 Å². The lowest BCUT2D eigenvalue weighted by Crippen LogP contribution is -2.29. The van der Waals surface area contributed by atoms with E-state index in [-0.39, 0.29) is 29.1 Å². The van der Waals surface area contributed by atoms with Crippen molar-refractivity contribution in [2.45, 2.75) is 32.6 Å². The molecule has 0 atom stereocenters. The lowest BCUT2D eigenvalue weighted by molar-refractivity contribution is -0.122. The largest absolute Gasteiger partial charge is 0.502 e. The molecule has 1 fully saturated rings. The van der Waals surface area contributed by atoms with E-state index < -0.39 is 0 Å². The summed E-state index contributed by atoms with van der Waals surface area (Å²) in [6, 6.07) is 11.0. The number of hydrogen-bond donors (Lipinski definition) is 2. The maximum absolute atomic E-state index is 12.9. The Bertz CT molecular complexity index is 1090. The van der Waals surface area contributed by atoms with Crippen LogP contribution in [0.25, 0.3) is 6.08 Å². The highest BCUT2D eigenvalue weighted by atomic mass is 32.2. The van der Waals surface area contributed by atoms with E-state index in [1.54, 1.807) is 23.1 Å². The Morgan fingerprint density at radius 3 is 2.50 bits per heavy atom. The molecule has 180 valence electrons. The van der Waals surface area contributed by atoms with Gasteiger partial charge in [-0.2, -0.15) is 0 Å². The third kappa shape index (κ3) is 6.51. The second-order valence-electron chi connectivity index (χ2n) is 7.84. The van der Waals surface area contributed by atoms with Gasteiger partial charge in [-0.25, -0.2) is 0 Å².